The predicted molar refractivity (Wildman–Crippen MR) is 22.6 cm³/mol. The molecular weight excluding hydrogens is 282 g/mol. The maximum absolute atomic E-state index is 0. The summed E-state index contributed by atoms with van der Waals surface area (Å²) < 4.78 is 0. The molecule has 1 unspecified atom stereocenters. The first-order chi connectivity index (χ1) is 0. The van der Waals surface area contributed by atoms with E-state index >= 15 is 0 Å². The fourth-order valence-corrected chi connectivity index (χ4v) is 0. The molecule has 6 heteroatoms. The zero-order valence-corrected chi connectivity index (χ0v) is 9.55. The van der Waals surface area contributed by atoms with Gasteiger partial charge in [0, 0.05) is 75.9 Å². The molecule has 0 saturated heterocycles. The summed E-state index contributed by atoms with van der Waals surface area (Å²) in [6.07, 6.45) is 0. The van der Waals surface area contributed by atoms with Crippen LogP contribution < -0.4 is 0 Å². The Bertz CT molecular complexity index is 15.5. The van der Waals surface area contributed by atoms with Crippen LogP contribution >= 0.6 is 9.90 Å². The Morgan fingerprint density at radius 3 is 1.00 bits per heavy atom. The van der Waals surface area contributed by atoms with Crippen molar-refractivity contribution in [3.63, 3.8) is 0 Å². The first-order valence-electron chi connectivity index (χ1n) is 0. The number of hydrogen-bond acceptors (Lipinski definition) is 0. The van der Waals surface area contributed by atoms with Gasteiger partial charge in [-0.25, -0.2) is 0 Å². The van der Waals surface area contributed by atoms with E-state index in [1.54, 1.807) is 0 Å². The summed E-state index contributed by atoms with van der Waals surface area (Å²) in [6.45, 7) is 0. The smallest absolute Gasteiger partial charge is 0 e. The first-order valence-corrected chi connectivity index (χ1v) is 0. The molecule has 39 valence electrons. The molecule has 9 radical (unpaired) electrons. The van der Waals surface area contributed by atoms with Gasteiger partial charge in [-0.1, -0.05) is 0 Å². The van der Waals surface area contributed by atoms with Crippen molar-refractivity contribution in [2.24, 2.45) is 0 Å². The largest absolute Gasteiger partial charge is 0.153 e. The van der Waals surface area contributed by atoms with Crippen molar-refractivity contribution in [2.75, 3.05) is 0 Å². The molecule has 0 amide bonds. The quantitative estimate of drug-likeness (QED) is 0.407. The van der Waals surface area contributed by atoms with Crippen molar-refractivity contribution < 1.29 is 56.5 Å². The van der Waals surface area contributed by atoms with Crippen molar-refractivity contribution in [1.82, 2.24) is 0 Å². The van der Waals surface area contributed by atoms with Crippen LogP contribution in [0.2, 0.25) is 0 Å². The molecule has 0 saturated carbocycles. The standard InChI is InChI=1S/B.Cu.Fe.Nb.H3P.Si/h;;;;1H3;. The summed E-state index contributed by atoms with van der Waals surface area (Å²) in [6, 6.07) is 0. The van der Waals surface area contributed by atoms with Crippen LogP contribution in [0.1, 0.15) is 0 Å². The average Bonchev–Trinajstić information content (AvgIpc) is 0. The van der Waals surface area contributed by atoms with E-state index in [9.17, 15) is 0 Å². The molecule has 0 nitrogen and oxygen atoms in total. The van der Waals surface area contributed by atoms with Crippen LogP contribution in [0.5, 0.6) is 0 Å². The second-order valence-electron chi connectivity index (χ2n) is 0. The maximum atomic E-state index is 0. The maximum Gasteiger partial charge on any atom is 0 e. The molecule has 0 fully saturated rings. The van der Waals surface area contributed by atoms with Crippen molar-refractivity contribution in [1.29, 1.82) is 0 Å². The average molecular weight is 285 g/mol. The summed E-state index contributed by atoms with van der Waals surface area (Å²) in [5.41, 5.74) is 0. The molecule has 0 spiro atoms. The van der Waals surface area contributed by atoms with E-state index in [2.05, 4.69) is 0 Å². The summed E-state index contributed by atoms with van der Waals surface area (Å²) in [5.74, 6) is 0. The molecule has 6 heavy (non-hydrogen) atoms. The Labute approximate surface area is 85.0 Å². The number of hydrogen-bond donors (Lipinski definition) is 0. The minimum atomic E-state index is 0. The van der Waals surface area contributed by atoms with E-state index in [1.165, 1.54) is 0 Å². The molecule has 0 bridgehead atoms. The van der Waals surface area contributed by atoms with Gasteiger partial charge in [-0.3, -0.25) is 0 Å². The van der Waals surface area contributed by atoms with Gasteiger partial charge >= 0.3 is 0 Å². The Morgan fingerprint density at radius 2 is 1.00 bits per heavy atom. The molecule has 0 aliphatic rings. The van der Waals surface area contributed by atoms with Gasteiger partial charge in [0.1, 0.15) is 0 Å². The van der Waals surface area contributed by atoms with Gasteiger partial charge in [0.05, 0.1) is 0 Å². The Hall–Kier alpha value is 2.49. The molecule has 1 atom stereocenters. The molecular formula is H3BCuFeNbPSi. The van der Waals surface area contributed by atoms with E-state index < -0.39 is 0 Å². The third-order valence-electron chi connectivity index (χ3n) is 0. The predicted octanol–water partition coefficient (Wildman–Crippen LogP) is -0.711. The van der Waals surface area contributed by atoms with Gasteiger partial charge in [-0.05, 0) is 0 Å². The Kier molecular flexibility index (Phi) is 651. The number of rotatable bonds is 0. The van der Waals surface area contributed by atoms with Crippen molar-refractivity contribution in [2.45, 2.75) is 0 Å². The van der Waals surface area contributed by atoms with Crippen molar-refractivity contribution in [3.05, 3.63) is 0 Å². The molecule has 0 aliphatic carbocycles. The summed E-state index contributed by atoms with van der Waals surface area (Å²) in [5, 5.41) is 0. The molecule has 0 rings (SSSR count). The van der Waals surface area contributed by atoms with Crippen LogP contribution in [-0.4, -0.2) is 19.4 Å². The van der Waals surface area contributed by atoms with Crippen LogP contribution in [0.15, 0.2) is 0 Å². The second-order valence-corrected chi connectivity index (χ2v) is 0. The van der Waals surface area contributed by atoms with E-state index in [1.807, 2.05) is 0 Å². The van der Waals surface area contributed by atoms with Crippen molar-refractivity contribution >= 4 is 29.3 Å². The fraction of sp³-hybridized carbons (Fsp3) is 0. The van der Waals surface area contributed by atoms with E-state index in [-0.39, 0.29) is 85.8 Å². The van der Waals surface area contributed by atoms with Gasteiger partial charge in [0.15, 0.2) is 0 Å². The Balaban J connectivity index is 0. The minimum absolute atomic E-state index is 0. The fourth-order valence-electron chi connectivity index (χ4n) is 0. The third kappa shape index (κ3) is 31.5. The summed E-state index contributed by atoms with van der Waals surface area (Å²) >= 11 is 0. The van der Waals surface area contributed by atoms with Crippen LogP contribution in [0, 0.1) is 0 Å². The van der Waals surface area contributed by atoms with Crippen LogP contribution in [0.25, 0.3) is 0 Å². The van der Waals surface area contributed by atoms with Gasteiger partial charge in [-0.15, -0.1) is 0 Å². The molecule has 0 aromatic heterocycles. The normalized spacial score (nSPS) is 0. The van der Waals surface area contributed by atoms with E-state index in [4.69, 9.17) is 0 Å². The van der Waals surface area contributed by atoms with Gasteiger partial charge in [-0.2, -0.15) is 9.90 Å². The zero-order valence-electron chi connectivity index (χ0n) is 2.89. The van der Waals surface area contributed by atoms with Crippen LogP contribution in [0.3, 0.4) is 0 Å². The molecule has 0 heterocycles. The summed E-state index contributed by atoms with van der Waals surface area (Å²) in [4.78, 5) is 0. The van der Waals surface area contributed by atoms with Gasteiger partial charge < -0.3 is 0 Å². The molecule has 0 N–H and O–H groups in total. The molecule has 0 aromatic carbocycles. The van der Waals surface area contributed by atoms with E-state index in [0.29, 0.717) is 0 Å². The zero-order chi connectivity index (χ0) is 0. The van der Waals surface area contributed by atoms with E-state index in [0.717, 1.165) is 0 Å². The van der Waals surface area contributed by atoms with Gasteiger partial charge in [0.25, 0.3) is 0 Å². The van der Waals surface area contributed by atoms with Crippen LogP contribution in [-0.2, 0) is 56.5 Å². The van der Waals surface area contributed by atoms with Crippen LogP contribution in [0.4, 0.5) is 0 Å². The Morgan fingerprint density at radius 1 is 1.00 bits per heavy atom. The topological polar surface area (TPSA) is 0 Å². The SMILES string of the molecule is P.[B].[Cu].[Fe].[Nb].[Si]. The molecule has 0 aromatic rings. The van der Waals surface area contributed by atoms with Crippen molar-refractivity contribution in [3.8, 4) is 0 Å². The minimum Gasteiger partial charge on any atom is -0.153 e. The third-order valence-corrected chi connectivity index (χ3v) is 0. The first kappa shape index (κ1) is 76.8. The monoisotopic (exact) mass is 285 g/mol. The second kappa shape index (κ2) is 50.9. The molecule has 0 aliphatic heterocycles. The summed E-state index contributed by atoms with van der Waals surface area (Å²) in [7, 11) is 0. The van der Waals surface area contributed by atoms with Gasteiger partial charge in [0.2, 0.25) is 0 Å².